The van der Waals surface area contributed by atoms with Crippen LogP contribution in [0.5, 0.6) is 0 Å². The zero-order valence-corrected chi connectivity index (χ0v) is 16.0. The molecule has 0 bridgehead atoms. The maximum atomic E-state index is 4.22. The van der Waals surface area contributed by atoms with Crippen molar-refractivity contribution in [3.05, 3.63) is 90.9 Å². The Morgan fingerprint density at radius 1 is 0.840 bits per heavy atom. The quantitative estimate of drug-likeness (QED) is 0.388. The molecule has 0 amide bonds. The molecular formula is C20H16IrN4-2. The molecule has 0 N–H and O–H groups in total. The fourth-order valence-electron chi connectivity index (χ4n) is 2.10. The van der Waals surface area contributed by atoms with Gasteiger partial charge < -0.3 is 15.2 Å². The van der Waals surface area contributed by atoms with Gasteiger partial charge in [0.05, 0.1) is 0 Å². The van der Waals surface area contributed by atoms with Gasteiger partial charge in [-0.3, -0.25) is 4.98 Å². The van der Waals surface area contributed by atoms with E-state index in [0.717, 1.165) is 28.3 Å². The zero-order chi connectivity index (χ0) is 16.6. The number of rotatable bonds is 2. The van der Waals surface area contributed by atoms with E-state index in [2.05, 4.69) is 26.2 Å². The number of hydrogen-bond acceptors (Lipinski definition) is 3. The van der Waals surface area contributed by atoms with Crippen molar-refractivity contribution in [3.63, 3.8) is 0 Å². The van der Waals surface area contributed by atoms with Gasteiger partial charge in [0.1, 0.15) is 0 Å². The third kappa shape index (κ3) is 5.45. The summed E-state index contributed by atoms with van der Waals surface area (Å²) in [5.74, 6) is 0. The largest absolute Gasteiger partial charge is 0.574 e. The summed E-state index contributed by atoms with van der Waals surface area (Å²) in [6.07, 6.45) is 3.54. The van der Waals surface area contributed by atoms with Gasteiger partial charge in [-0.2, -0.15) is 0 Å². The van der Waals surface area contributed by atoms with E-state index < -0.39 is 0 Å². The van der Waals surface area contributed by atoms with E-state index in [0.29, 0.717) is 0 Å². The molecule has 0 fully saturated rings. The Kier molecular flexibility index (Phi) is 7.20. The minimum atomic E-state index is 0. The Labute approximate surface area is 160 Å². The average molecular weight is 505 g/mol. The first-order valence-electron chi connectivity index (χ1n) is 7.59. The van der Waals surface area contributed by atoms with Gasteiger partial charge in [0.15, 0.2) is 0 Å². The van der Waals surface area contributed by atoms with Crippen LogP contribution in [0.4, 0.5) is 0 Å². The molecule has 1 aromatic carbocycles. The fourth-order valence-corrected chi connectivity index (χ4v) is 2.10. The van der Waals surface area contributed by atoms with Crippen molar-refractivity contribution in [1.82, 2.24) is 20.2 Å². The Balaban J connectivity index is 0.000000173. The molecule has 4 aromatic rings. The minimum absolute atomic E-state index is 0. The Hall–Kier alpha value is -2.62. The smallest absolute Gasteiger partial charge is 0.0494 e. The van der Waals surface area contributed by atoms with Crippen LogP contribution in [0.3, 0.4) is 0 Å². The third-order valence-corrected chi connectivity index (χ3v) is 3.24. The Morgan fingerprint density at radius 3 is 2.04 bits per heavy atom. The summed E-state index contributed by atoms with van der Waals surface area (Å²) in [5.41, 5.74) is 4.65. The molecule has 0 aliphatic rings. The van der Waals surface area contributed by atoms with Crippen LogP contribution in [0.25, 0.3) is 22.6 Å². The van der Waals surface area contributed by atoms with Gasteiger partial charge in [-0.25, -0.2) is 0 Å². The predicted octanol–water partition coefficient (Wildman–Crippen LogP) is 3.96. The summed E-state index contributed by atoms with van der Waals surface area (Å²) in [7, 11) is 0. The topological polar surface area (TPSA) is 52.8 Å². The van der Waals surface area contributed by atoms with Gasteiger partial charge in [-0.05, 0) is 30.8 Å². The van der Waals surface area contributed by atoms with Crippen LogP contribution in [0.2, 0.25) is 0 Å². The van der Waals surface area contributed by atoms with E-state index in [1.807, 2.05) is 73.7 Å². The normalized spacial score (nSPS) is 9.48. The molecule has 127 valence electrons. The summed E-state index contributed by atoms with van der Waals surface area (Å²) < 4.78 is 0. The van der Waals surface area contributed by atoms with Gasteiger partial charge in [0.25, 0.3) is 0 Å². The van der Waals surface area contributed by atoms with Crippen molar-refractivity contribution in [2.24, 2.45) is 0 Å². The summed E-state index contributed by atoms with van der Waals surface area (Å²) >= 11 is 0. The molecule has 25 heavy (non-hydrogen) atoms. The van der Waals surface area contributed by atoms with E-state index in [1.54, 1.807) is 12.4 Å². The zero-order valence-electron chi connectivity index (χ0n) is 13.6. The first kappa shape index (κ1) is 18.7. The molecular weight excluding hydrogens is 488 g/mol. The summed E-state index contributed by atoms with van der Waals surface area (Å²) in [5, 5.41) is 7.88. The third-order valence-electron chi connectivity index (χ3n) is 3.24. The van der Waals surface area contributed by atoms with Crippen LogP contribution < -0.4 is 5.10 Å². The molecule has 0 atom stereocenters. The predicted molar refractivity (Wildman–Crippen MR) is 94.0 cm³/mol. The molecule has 0 aliphatic heterocycles. The molecule has 1 radical (unpaired) electrons. The van der Waals surface area contributed by atoms with Crippen LogP contribution in [0.15, 0.2) is 79.1 Å². The van der Waals surface area contributed by atoms with Gasteiger partial charge in [0.2, 0.25) is 0 Å². The molecule has 0 unspecified atom stereocenters. The van der Waals surface area contributed by atoms with Crippen LogP contribution in [0.1, 0.15) is 5.69 Å². The molecule has 0 saturated carbocycles. The summed E-state index contributed by atoms with van der Waals surface area (Å²) in [6.45, 7) is 1.92. The number of aromatic nitrogens is 4. The first-order valence-corrected chi connectivity index (χ1v) is 7.59. The molecule has 3 aromatic heterocycles. The van der Waals surface area contributed by atoms with Crippen molar-refractivity contribution in [3.8, 4) is 22.6 Å². The second-order valence-corrected chi connectivity index (χ2v) is 5.08. The van der Waals surface area contributed by atoms with Crippen LogP contribution in [-0.4, -0.2) is 15.1 Å². The minimum Gasteiger partial charge on any atom is -0.574 e. The van der Waals surface area contributed by atoms with Crippen LogP contribution >= 0.6 is 0 Å². The number of benzene rings is 1. The van der Waals surface area contributed by atoms with Crippen molar-refractivity contribution in [1.29, 1.82) is 0 Å². The van der Waals surface area contributed by atoms with Crippen molar-refractivity contribution >= 4 is 0 Å². The number of nitrogens with zero attached hydrogens (tertiary/aromatic N) is 4. The molecule has 3 heterocycles. The summed E-state index contributed by atoms with van der Waals surface area (Å²) in [6, 6.07) is 24.5. The Bertz CT molecular complexity index is 824. The number of pyridine rings is 2. The monoisotopic (exact) mass is 505 g/mol. The maximum Gasteiger partial charge on any atom is 0.0494 e. The van der Waals surface area contributed by atoms with Gasteiger partial charge in [-0.1, -0.05) is 30.0 Å². The van der Waals surface area contributed by atoms with Gasteiger partial charge >= 0.3 is 0 Å². The van der Waals surface area contributed by atoms with Crippen molar-refractivity contribution < 1.29 is 20.1 Å². The van der Waals surface area contributed by atoms with Gasteiger partial charge in [-0.15, -0.1) is 35.9 Å². The molecule has 0 saturated heterocycles. The van der Waals surface area contributed by atoms with E-state index >= 15 is 0 Å². The van der Waals surface area contributed by atoms with Crippen LogP contribution in [0, 0.1) is 13.0 Å². The molecule has 5 heteroatoms. The van der Waals surface area contributed by atoms with E-state index in [4.69, 9.17) is 0 Å². The molecule has 0 aliphatic carbocycles. The molecule has 4 nitrogen and oxygen atoms in total. The molecule has 4 rings (SSSR count). The first-order chi connectivity index (χ1) is 11.8. The van der Waals surface area contributed by atoms with Crippen LogP contribution in [-0.2, 0) is 20.1 Å². The second kappa shape index (κ2) is 9.62. The van der Waals surface area contributed by atoms with Crippen molar-refractivity contribution in [2.75, 3.05) is 0 Å². The van der Waals surface area contributed by atoms with Gasteiger partial charge in [0, 0.05) is 43.9 Å². The second-order valence-electron chi connectivity index (χ2n) is 5.08. The summed E-state index contributed by atoms with van der Waals surface area (Å²) in [4.78, 5) is 8.38. The van der Waals surface area contributed by atoms with E-state index in [1.165, 1.54) is 0 Å². The van der Waals surface area contributed by atoms with E-state index in [9.17, 15) is 0 Å². The number of hydrogen-bond donors (Lipinski definition) is 0. The maximum absolute atomic E-state index is 4.22. The standard InChI is InChI=1S/C11H8N.C9H8N3.Ir/c1-2-6-10(7-3-1)11-8-4-5-9-12-11;1-7-6-9(12-11-7)8-4-2-3-5-10-8;/h1-6,8-9H;2-6H,1H3;/q2*-1;. The number of aryl methyl sites for hydroxylation is 1. The average Bonchev–Trinajstić information content (AvgIpc) is 3.11. The molecule has 0 spiro atoms. The fraction of sp³-hybridized carbons (Fsp3) is 0.0500. The Morgan fingerprint density at radius 2 is 1.52 bits per heavy atom. The van der Waals surface area contributed by atoms with E-state index in [-0.39, 0.29) is 20.1 Å². The van der Waals surface area contributed by atoms with Crippen molar-refractivity contribution in [2.45, 2.75) is 6.92 Å². The SMILES string of the molecule is Cc1cc(-c2ccccn2)[n-]n1.[Ir].[c-]1ccccc1-c1ccccn1.